The van der Waals surface area contributed by atoms with Crippen molar-refractivity contribution < 1.29 is 164 Å². The second-order valence-electron chi connectivity index (χ2n) is 3.91. The van der Waals surface area contributed by atoms with Gasteiger partial charge in [0.25, 0.3) is 0 Å². The largest absolute Gasteiger partial charge is 2.00 e. The Morgan fingerprint density at radius 2 is 0.692 bits per heavy atom. The number of nitrogens with zero attached hydrogens (tertiary/aromatic N) is 2. The molecule has 0 heterocycles. The molecule has 0 unspecified atom stereocenters. The zero-order valence-corrected chi connectivity index (χ0v) is 28.2. The molecular weight excluding hydrogens is 448 g/mol. The molecule has 0 atom stereocenters. The Labute approximate surface area is 305 Å². The first-order chi connectivity index (χ1) is 9.20. The maximum atomic E-state index is 10.4. The van der Waals surface area contributed by atoms with Gasteiger partial charge < -0.3 is 45.3 Å². The van der Waals surface area contributed by atoms with Crippen LogP contribution in [0.25, 0.3) is 0 Å². The summed E-state index contributed by atoms with van der Waals surface area (Å²) in [4.78, 5) is 43.4. The molecule has 0 aliphatic rings. The first-order valence-electron chi connectivity index (χ1n) is 5.44. The number of carboxylic acid groups (broad SMARTS) is 4. The summed E-state index contributed by atoms with van der Waals surface area (Å²) < 4.78 is 0. The van der Waals surface area contributed by atoms with Gasteiger partial charge in [0.1, 0.15) is 0 Å². The van der Waals surface area contributed by atoms with Gasteiger partial charge in [0.15, 0.2) is 0 Å². The van der Waals surface area contributed by atoms with Crippen LogP contribution in [0.4, 0.5) is 0 Å². The third kappa shape index (κ3) is 33.0. The van der Waals surface area contributed by atoms with Crippen LogP contribution in [0.5, 0.6) is 0 Å². The number of carbonyl (C=O) groups is 4. The number of rotatable bonds is 11. The van der Waals surface area contributed by atoms with E-state index in [1.165, 1.54) is 0 Å². The summed E-state index contributed by atoms with van der Waals surface area (Å²) in [6.07, 6.45) is 0. The molecule has 26 heavy (non-hydrogen) atoms. The summed E-state index contributed by atoms with van der Waals surface area (Å²) in [5.74, 6) is -6.12. The Bertz CT molecular complexity index is 358. The van der Waals surface area contributed by atoms with Crippen LogP contribution in [0.2, 0.25) is 0 Å². The normalized spacial score (nSPS) is 8.23. The van der Waals surface area contributed by atoms with Crippen LogP contribution in [0.1, 0.15) is 5.71 Å². The van der Waals surface area contributed by atoms with E-state index in [0.29, 0.717) is 0 Å². The molecule has 16 heteroatoms. The minimum absolute atomic E-state index is 0. The molecule has 0 rings (SSSR count). The Morgan fingerprint density at radius 3 is 0.808 bits per heavy atom. The predicted molar refractivity (Wildman–Crippen MR) is 68.9 cm³/mol. The second-order valence-corrected chi connectivity index (χ2v) is 3.91. The summed E-state index contributed by atoms with van der Waals surface area (Å²) in [7, 11) is 0. The van der Waals surface area contributed by atoms with E-state index in [1.807, 2.05) is 0 Å². The third-order valence-electron chi connectivity index (χ3n) is 2.14. The van der Waals surface area contributed by atoms with E-state index < -0.39 is 50.1 Å². The standard InChI is InChI=1S/C10H16N2O8.2Ca.4Na.4H/c13-7(14)3-11(4-8(15)16)1-2-12(5-9(17)18)6-10(19)20;;;;;;;;;;/h1-6H2,(H,13,14)(H,15,16)(H,17,18)(H,19,20);;;;;;;;;;/q;2*+2;4*+1;4*-1/p-4. The van der Waals surface area contributed by atoms with Gasteiger partial charge in [-0.2, -0.15) is 0 Å². The predicted octanol–water partition coefficient (Wildman–Crippen LogP) is -19.7. The van der Waals surface area contributed by atoms with Gasteiger partial charge in [-0.1, -0.05) is 0 Å². The Morgan fingerprint density at radius 1 is 0.538 bits per heavy atom. The van der Waals surface area contributed by atoms with Crippen LogP contribution < -0.4 is 139 Å². The van der Waals surface area contributed by atoms with Gasteiger partial charge in [-0.25, -0.2) is 0 Å². The first kappa shape index (κ1) is 47.9. The van der Waals surface area contributed by atoms with E-state index in [9.17, 15) is 39.6 Å². The van der Waals surface area contributed by atoms with Crippen molar-refractivity contribution in [3.8, 4) is 0 Å². The Balaban J connectivity index is -0.0000000401. The number of hydrogen-bond donors (Lipinski definition) is 0. The first-order valence-corrected chi connectivity index (χ1v) is 5.44. The molecule has 0 aromatic rings. The molecule has 0 aliphatic carbocycles. The molecule has 0 saturated heterocycles. The monoisotopic (exact) mass is 464 g/mol. The molecule has 0 spiro atoms. The quantitative estimate of drug-likeness (QED) is 0.268. The van der Waals surface area contributed by atoms with Crippen molar-refractivity contribution in [2.24, 2.45) is 0 Å². The fraction of sp³-hybridized carbons (Fsp3) is 0.600. The molecule has 0 fully saturated rings. The van der Waals surface area contributed by atoms with Crippen LogP contribution in [-0.4, -0.2) is 148 Å². The summed E-state index contributed by atoms with van der Waals surface area (Å²) in [5, 5.41) is 41.6. The molecule has 0 aliphatic heterocycles. The van der Waals surface area contributed by atoms with Gasteiger partial charge in [0, 0.05) is 39.3 Å². The fourth-order valence-corrected chi connectivity index (χ4v) is 1.44. The minimum atomic E-state index is -1.53. The third-order valence-corrected chi connectivity index (χ3v) is 2.14. The van der Waals surface area contributed by atoms with E-state index in [1.54, 1.807) is 0 Å². The van der Waals surface area contributed by atoms with Crippen molar-refractivity contribution >= 4 is 99.4 Å². The van der Waals surface area contributed by atoms with E-state index in [-0.39, 0.29) is 213 Å². The molecule has 10 nitrogen and oxygen atoms in total. The second kappa shape index (κ2) is 29.3. The molecule has 0 N–H and O–H groups in total. The van der Waals surface area contributed by atoms with Crippen molar-refractivity contribution in [2.45, 2.75) is 0 Å². The average Bonchev–Trinajstić information content (AvgIpc) is 2.22. The SMILES string of the molecule is O=C([O-])CN(CCN(CC(=O)[O-])CC(=O)[O-])CC(=O)[O-].[Ca+2].[Ca+2].[H-].[H-].[H-].[H-].[Na+].[Na+].[Na+].[Na+]. The van der Waals surface area contributed by atoms with E-state index in [4.69, 9.17) is 0 Å². The fourth-order valence-electron chi connectivity index (χ4n) is 1.44. The van der Waals surface area contributed by atoms with E-state index >= 15 is 0 Å². The number of carbonyl (C=O) groups excluding carboxylic acids is 4. The minimum Gasteiger partial charge on any atom is -1.00 e. The zero-order chi connectivity index (χ0) is 15.7. The molecule has 0 aromatic carbocycles. The Kier molecular flexibility index (Phi) is 54.0. The van der Waals surface area contributed by atoms with Crippen molar-refractivity contribution in [3.05, 3.63) is 0 Å². The summed E-state index contributed by atoms with van der Waals surface area (Å²) in [6, 6.07) is 0. The Hall–Kier alpha value is 4.32. The number of carboxylic acids is 4. The molecule has 0 radical (unpaired) electrons. The van der Waals surface area contributed by atoms with Gasteiger partial charge in [-0.05, 0) is 0 Å². The molecule has 0 amide bonds. The van der Waals surface area contributed by atoms with E-state index in [0.717, 1.165) is 9.80 Å². The molecule has 0 aromatic heterocycles. The molecular formula is C10H16Ca2N2Na4O8. The summed E-state index contributed by atoms with van der Waals surface area (Å²) in [5.41, 5.74) is 0. The van der Waals surface area contributed by atoms with Gasteiger partial charge in [0.05, 0.1) is 23.9 Å². The van der Waals surface area contributed by atoms with Crippen molar-refractivity contribution in [3.63, 3.8) is 0 Å². The molecule has 0 saturated carbocycles. The molecule has 122 valence electrons. The van der Waals surface area contributed by atoms with Crippen LogP contribution >= 0.6 is 0 Å². The van der Waals surface area contributed by atoms with Crippen molar-refractivity contribution in [2.75, 3.05) is 39.3 Å². The number of hydrogen-bond acceptors (Lipinski definition) is 10. The summed E-state index contributed by atoms with van der Waals surface area (Å²) in [6.45, 7) is -3.25. The van der Waals surface area contributed by atoms with Crippen LogP contribution in [0, 0.1) is 0 Å². The zero-order valence-electron chi connectivity index (χ0n) is 19.8. The van der Waals surface area contributed by atoms with Gasteiger partial charge in [0.2, 0.25) is 0 Å². The average molecular weight is 464 g/mol. The molecule has 0 bridgehead atoms. The van der Waals surface area contributed by atoms with Gasteiger partial charge in [-0.3, -0.25) is 9.80 Å². The van der Waals surface area contributed by atoms with Crippen LogP contribution in [-0.2, 0) is 19.2 Å². The van der Waals surface area contributed by atoms with Crippen LogP contribution in [0.15, 0.2) is 0 Å². The van der Waals surface area contributed by atoms with Gasteiger partial charge >= 0.3 is 194 Å². The number of aliphatic carboxylic acids is 4. The van der Waals surface area contributed by atoms with Crippen molar-refractivity contribution in [1.29, 1.82) is 0 Å². The van der Waals surface area contributed by atoms with Gasteiger partial charge in [-0.15, -0.1) is 0 Å². The topological polar surface area (TPSA) is 167 Å². The maximum absolute atomic E-state index is 10.4. The van der Waals surface area contributed by atoms with Crippen molar-refractivity contribution in [1.82, 2.24) is 9.80 Å². The summed E-state index contributed by atoms with van der Waals surface area (Å²) >= 11 is 0. The smallest absolute Gasteiger partial charge is 1.00 e. The maximum Gasteiger partial charge on any atom is 2.00 e. The van der Waals surface area contributed by atoms with E-state index in [2.05, 4.69) is 0 Å². The van der Waals surface area contributed by atoms with Crippen LogP contribution in [0.3, 0.4) is 0 Å².